The van der Waals surface area contributed by atoms with Crippen LogP contribution in [0.15, 0.2) is 42.5 Å². The molecule has 1 aliphatic heterocycles. The molecule has 2 aliphatic rings. The molecule has 0 radical (unpaired) electrons. The van der Waals surface area contributed by atoms with Crippen LogP contribution < -0.4 is 5.32 Å². The summed E-state index contributed by atoms with van der Waals surface area (Å²) in [6, 6.07) is 13.0. The van der Waals surface area contributed by atoms with Crippen LogP contribution in [0.1, 0.15) is 52.0 Å². The fraction of sp³-hybridized carbons (Fsp3) is 0.364. The highest BCUT2D eigenvalue weighted by atomic mass is 16.1. The van der Waals surface area contributed by atoms with Gasteiger partial charge in [0.15, 0.2) is 5.78 Å². The van der Waals surface area contributed by atoms with Crippen molar-refractivity contribution < 1.29 is 9.59 Å². The zero-order valence-corrected chi connectivity index (χ0v) is 15.0. The number of nitrogens with zero attached hydrogens (tertiary/aromatic N) is 1. The zero-order valence-electron chi connectivity index (χ0n) is 15.0. The molecular formula is C22H24N2O2. The van der Waals surface area contributed by atoms with Gasteiger partial charge in [-0.1, -0.05) is 36.8 Å². The van der Waals surface area contributed by atoms with Crippen LogP contribution >= 0.6 is 0 Å². The molecule has 26 heavy (non-hydrogen) atoms. The maximum atomic E-state index is 12.6. The van der Waals surface area contributed by atoms with E-state index in [0.717, 1.165) is 29.7 Å². The van der Waals surface area contributed by atoms with Crippen LogP contribution in [-0.2, 0) is 0 Å². The molecule has 1 saturated heterocycles. The van der Waals surface area contributed by atoms with Gasteiger partial charge in [-0.15, -0.1) is 0 Å². The van der Waals surface area contributed by atoms with Gasteiger partial charge in [-0.05, 0) is 62.2 Å². The minimum Gasteiger partial charge on any atom is -0.352 e. The second-order valence-corrected chi connectivity index (χ2v) is 7.15. The molecule has 1 N–H and O–H groups in total. The van der Waals surface area contributed by atoms with Gasteiger partial charge < -0.3 is 10.2 Å². The third-order valence-electron chi connectivity index (χ3n) is 5.37. The van der Waals surface area contributed by atoms with Gasteiger partial charge in [0, 0.05) is 23.2 Å². The smallest absolute Gasteiger partial charge is 0.251 e. The third kappa shape index (κ3) is 3.29. The van der Waals surface area contributed by atoms with Crippen LogP contribution in [0.4, 0.5) is 0 Å². The first-order valence-corrected chi connectivity index (χ1v) is 9.53. The Hall–Kier alpha value is -2.46. The molecule has 0 bridgehead atoms. The number of carbonyl (C=O) groups is 2. The number of nitrogens with one attached hydrogen (secondary N) is 1. The van der Waals surface area contributed by atoms with E-state index >= 15 is 0 Å². The fourth-order valence-electron chi connectivity index (χ4n) is 3.96. The van der Waals surface area contributed by atoms with Gasteiger partial charge in [-0.3, -0.25) is 9.59 Å². The van der Waals surface area contributed by atoms with Gasteiger partial charge >= 0.3 is 0 Å². The average Bonchev–Trinajstić information content (AvgIpc) is 2.98. The van der Waals surface area contributed by atoms with Crippen molar-refractivity contribution >= 4 is 11.7 Å². The van der Waals surface area contributed by atoms with Gasteiger partial charge in [-0.2, -0.15) is 0 Å². The summed E-state index contributed by atoms with van der Waals surface area (Å²) in [5, 5.41) is 2.99. The van der Waals surface area contributed by atoms with Crippen molar-refractivity contribution in [3.05, 3.63) is 59.2 Å². The Labute approximate surface area is 154 Å². The standard InChI is InChI=1S/C22H24N2O2/c25-21-19-8-3-2-7-17(19)18-10-9-16(15-20(18)21)22(26)23-11-6-14-24-12-4-1-5-13-24/h2-3,7-10,15H,1,4-6,11-14H2,(H,23,26). The Morgan fingerprint density at radius 1 is 0.923 bits per heavy atom. The minimum atomic E-state index is -0.102. The molecule has 4 heteroatoms. The molecule has 0 atom stereocenters. The van der Waals surface area contributed by atoms with Crippen molar-refractivity contribution in [3.8, 4) is 11.1 Å². The van der Waals surface area contributed by atoms with Crippen LogP contribution in [0.3, 0.4) is 0 Å². The number of rotatable bonds is 5. The second-order valence-electron chi connectivity index (χ2n) is 7.15. The molecule has 1 aliphatic carbocycles. The summed E-state index contributed by atoms with van der Waals surface area (Å²) in [6.45, 7) is 4.07. The number of hydrogen-bond acceptors (Lipinski definition) is 3. The summed E-state index contributed by atoms with van der Waals surface area (Å²) in [5.74, 6) is -0.0921. The molecule has 1 heterocycles. The lowest BCUT2D eigenvalue weighted by atomic mass is 10.0. The molecule has 2 aromatic rings. The van der Waals surface area contributed by atoms with E-state index in [2.05, 4.69) is 10.2 Å². The highest BCUT2D eigenvalue weighted by Gasteiger charge is 2.26. The maximum Gasteiger partial charge on any atom is 0.251 e. The SMILES string of the molecule is O=C(NCCCN1CCCCC1)c1ccc2c(c1)C(=O)c1ccccc1-2. The van der Waals surface area contributed by atoms with Crippen LogP contribution in [0.2, 0.25) is 0 Å². The molecule has 0 aromatic heterocycles. The second kappa shape index (κ2) is 7.42. The normalized spacial score (nSPS) is 16.2. The number of piperidine rings is 1. The number of carbonyl (C=O) groups excluding carboxylic acids is 2. The van der Waals surface area contributed by atoms with Crippen molar-refractivity contribution in [2.75, 3.05) is 26.2 Å². The minimum absolute atomic E-state index is 0.00958. The number of amides is 1. The number of likely N-dealkylation sites (tertiary alicyclic amines) is 1. The van der Waals surface area contributed by atoms with E-state index in [4.69, 9.17) is 0 Å². The van der Waals surface area contributed by atoms with Crippen LogP contribution in [0, 0.1) is 0 Å². The van der Waals surface area contributed by atoms with Crippen molar-refractivity contribution in [2.24, 2.45) is 0 Å². The lowest BCUT2D eigenvalue weighted by molar-refractivity contribution is 0.0951. The first-order chi connectivity index (χ1) is 12.7. The van der Waals surface area contributed by atoms with E-state index in [0.29, 0.717) is 17.7 Å². The molecule has 4 nitrogen and oxygen atoms in total. The summed E-state index contributed by atoms with van der Waals surface area (Å²) < 4.78 is 0. The summed E-state index contributed by atoms with van der Waals surface area (Å²) in [4.78, 5) is 27.5. The van der Waals surface area contributed by atoms with E-state index in [1.165, 1.54) is 32.4 Å². The molecular weight excluding hydrogens is 324 g/mol. The molecule has 0 saturated carbocycles. The Kier molecular flexibility index (Phi) is 4.85. The number of fused-ring (bicyclic) bond motifs is 3. The van der Waals surface area contributed by atoms with Gasteiger partial charge in [0.05, 0.1) is 0 Å². The zero-order chi connectivity index (χ0) is 17.9. The average molecular weight is 348 g/mol. The summed E-state index contributed by atoms with van der Waals surface area (Å²) >= 11 is 0. The summed E-state index contributed by atoms with van der Waals surface area (Å²) in [7, 11) is 0. The van der Waals surface area contributed by atoms with Crippen LogP contribution in [0.5, 0.6) is 0 Å². The van der Waals surface area contributed by atoms with E-state index in [1.807, 2.05) is 36.4 Å². The van der Waals surface area contributed by atoms with E-state index in [9.17, 15) is 9.59 Å². The molecule has 0 spiro atoms. The van der Waals surface area contributed by atoms with Gasteiger partial charge in [0.2, 0.25) is 0 Å². The molecule has 1 amide bonds. The van der Waals surface area contributed by atoms with Crippen molar-refractivity contribution in [2.45, 2.75) is 25.7 Å². The van der Waals surface area contributed by atoms with Crippen LogP contribution in [-0.4, -0.2) is 42.8 Å². The largest absolute Gasteiger partial charge is 0.352 e. The van der Waals surface area contributed by atoms with Crippen LogP contribution in [0.25, 0.3) is 11.1 Å². The predicted octanol–water partition coefficient (Wildman–Crippen LogP) is 3.50. The molecule has 4 rings (SSSR count). The van der Waals surface area contributed by atoms with Crippen molar-refractivity contribution in [1.82, 2.24) is 10.2 Å². The number of hydrogen-bond donors (Lipinski definition) is 1. The Morgan fingerprint density at radius 2 is 1.65 bits per heavy atom. The van der Waals surface area contributed by atoms with E-state index in [-0.39, 0.29) is 11.7 Å². The first-order valence-electron chi connectivity index (χ1n) is 9.53. The van der Waals surface area contributed by atoms with Gasteiger partial charge in [-0.25, -0.2) is 0 Å². The highest BCUT2D eigenvalue weighted by molar-refractivity contribution is 6.22. The third-order valence-corrected chi connectivity index (χ3v) is 5.37. The Morgan fingerprint density at radius 3 is 2.46 bits per heavy atom. The quantitative estimate of drug-likeness (QED) is 0.718. The predicted molar refractivity (Wildman–Crippen MR) is 103 cm³/mol. The Bertz CT molecular complexity index is 838. The van der Waals surface area contributed by atoms with Gasteiger partial charge in [0.25, 0.3) is 5.91 Å². The van der Waals surface area contributed by atoms with Crippen molar-refractivity contribution in [3.63, 3.8) is 0 Å². The fourth-order valence-corrected chi connectivity index (χ4v) is 3.96. The Balaban J connectivity index is 1.37. The number of ketones is 1. The first kappa shape index (κ1) is 17.0. The molecule has 0 unspecified atom stereocenters. The highest BCUT2D eigenvalue weighted by Crippen LogP contribution is 2.36. The van der Waals surface area contributed by atoms with Gasteiger partial charge in [0.1, 0.15) is 0 Å². The lowest BCUT2D eigenvalue weighted by Gasteiger charge is -2.26. The summed E-state index contributed by atoms with van der Waals surface area (Å²) in [5.41, 5.74) is 3.80. The lowest BCUT2D eigenvalue weighted by Crippen LogP contribution is -2.33. The number of benzene rings is 2. The van der Waals surface area contributed by atoms with Crippen molar-refractivity contribution in [1.29, 1.82) is 0 Å². The summed E-state index contributed by atoms with van der Waals surface area (Å²) in [6.07, 6.45) is 4.88. The molecule has 1 fully saturated rings. The van der Waals surface area contributed by atoms with E-state index < -0.39 is 0 Å². The topological polar surface area (TPSA) is 49.4 Å². The van der Waals surface area contributed by atoms with E-state index in [1.54, 1.807) is 6.07 Å². The molecule has 2 aromatic carbocycles. The monoisotopic (exact) mass is 348 g/mol. The maximum absolute atomic E-state index is 12.6. The molecule has 134 valence electrons.